The smallest absolute Gasteiger partial charge is 0.251 e. The molecule has 5 nitrogen and oxygen atoms in total. The second kappa shape index (κ2) is 7.95. The molecule has 2 heterocycles. The molecule has 1 saturated heterocycles. The van der Waals surface area contributed by atoms with Crippen LogP contribution in [0.4, 0.5) is 0 Å². The molecule has 1 aromatic heterocycles. The molecule has 0 radical (unpaired) electrons. The van der Waals surface area contributed by atoms with Crippen LogP contribution in [0.15, 0.2) is 42.6 Å². The van der Waals surface area contributed by atoms with Crippen molar-refractivity contribution < 1.29 is 9.90 Å². The number of carbonyl (C=O) groups excluding carboxylic acids is 1. The minimum atomic E-state index is -0.592. The lowest BCUT2D eigenvalue weighted by Crippen LogP contribution is -2.35. The number of aliphatic hydroxyl groups is 1. The van der Waals surface area contributed by atoms with Gasteiger partial charge in [-0.1, -0.05) is 29.8 Å². The van der Waals surface area contributed by atoms with Crippen molar-refractivity contribution in [2.24, 2.45) is 0 Å². The number of nitrogens with one attached hydrogen (secondary N) is 2. The number of rotatable bonds is 5. The van der Waals surface area contributed by atoms with Crippen molar-refractivity contribution in [3.63, 3.8) is 0 Å². The number of aliphatic hydroxyl groups excluding tert-OH is 1. The maximum atomic E-state index is 11.6. The Kier molecular flexibility index (Phi) is 5.68. The SMILES string of the molecule is CNC(=O)c1ccc(CC2CC[C@H]([C@H](O)c3ccc(Cl)nc3)N2)cc1. The van der Waals surface area contributed by atoms with E-state index in [0.29, 0.717) is 16.8 Å². The van der Waals surface area contributed by atoms with Gasteiger partial charge in [0.2, 0.25) is 0 Å². The molecule has 1 aliphatic heterocycles. The molecule has 0 bridgehead atoms. The molecule has 3 atom stereocenters. The number of nitrogens with zero attached hydrogens (tertiary/aromatic N) is 1. The van der Waals surface area contributed by atoms with Crippen molar-refractivity contribution in [3.8, 4) is 0 Å². The Hall–Kier alpha value is -1.95. The molecule has 1 unspecified atom stereocenters. The summed E-state index contributed by atoms with van der Waals surface area (Å²) in [5.74, 6) is -0.0784. The van der Waals surface area contributed by atoms with Gasteiger partial charge in [-0.25, -0.2) is 4.98 Å². The van der Waals surface area contributed by atoms with Crippen molar-refractivity contribution in [2.75, 3.05) is 7.05 Å². The molecule has 1 amide bonds. The van der Waals surface area contributed by atoms with Crippen LogP contribution < -0.4 is 10.6 Å². The van der Waals surface area contributed by atoms with E-state index in [4.69, 9.17) is 11.6 Å². The zero-order valence-corrected chi connectivity index (χ0v) is 14.8. The average molecular weight is 360 g/mol. The first-order valence-electron chi connectivity index (χ1n) is 8.43. The van der Waals surface area contributed by atoms with E-state index in [1.165, 1.54) is 5.56 Å². The summed E-state index contributed by atoms with van der Waals surface area (Å²) < 4.78 is 0. The number of halogens is 1. The Morgan fingerprint density at radius 1 is 1.32 bits per heavy atom. The first-order chi connectivity index (χ1) is 12.1. The predicted octanol–water partition coefficient (Wildman–Crippen LogP) is 2.49. The van der Waals surface area contributed by atoms with E-state index in [0.717, 1.165) is 24.8 Å². The molecule has 1 fully saturated rings. The second-order valence-corrected chi connectivity index (χ2v) is 6.77. The number of hydrogen-bond donors (Lipinski definition) is 3. The minimum absolute atomic E-state index is 0.0121. The highest BCUT2D eigenvalue weighted by Gasteiger charge is 2.30. The van der Waals surface area contributed by atoms with Crippen LogP contribution in [0.1, 0.15) is 40.4 Å². The first-order valence-corrected chi connectivity index (χ1v) is 8.81. The molecule has 0 saturated carbocycles. The number of carbonyl (C=O) groups is 1. The highest BCUT2D eigenvalue weighted by atomic mass is 35.5. The topological polar surface area (TPSA) is 74.2 Å². The highest BCUT2D eigenvalue weighted by molar-refractivity contribution is 6.29. The summed E-state index contributed by atoms with van der Waals surface area (Å²) in [7, 11) is 1.63. The van der Waals surface area contributed by atoms with Crippen molar-refractivity contribution >= 4 is 17.5 Å². The van der Waals surface area contributed by atoms with Gasteiger partial charge in [-0.05, 0) is 43.0 Å². The van der Waals surface area contributed by atoms with E-state index >= 15 is 0 Å². The lowest BCUT2D eigenvalue weighted by atomic mass is 10.0. The highest BCUT2D eigenvalue weighted by Crippen LogP contribution is 2.27. The summed E-state index contributed by atoms with van der Waals surface area (Å²) in [6, 6.07) is 11.5. The summed E-state index contributed by atoms with van der Waals surface area (Å²) in [4.78, 5) is 15.6. The van der Waals surface area contributed by atoms with Crippen LogP contribution in [-0.2, 0) is 6.42 Å². The van der Waals surface area contributed by atoms with E-state index < -0.39 is 6.10 Å². The maximum absolute atomic E-state index is 11.6. The standard InChI is InChI=1S/C19H22ClN3O2/c1-21-19(25)13-4-2-12(3-5-13)10-15-7-8-16(23-15)18(24)14-6-9-17(20)22-11-14/h2-6,9,11,15-16,18,23-24H,7-8,10H2,1H3,(H,21,25)/t15?,16-,18-/m1/s1. The Morgan fingerprint density at radius 3 is 2.72 bits per heavy atom. The maximum Gasteiger partial charge on any atom is 0.251 e. The largest absolute Gasteiger partial charge is 0.387 e. The fourth-order valence-electron chi connectivity index (χ4n) is 3.28. The molecule has 132 valence electrons. The van der Waals surface area contributed by atoms with Gasteiger partial charge in [0, 0.05) is 36.5 Å². The van der Waals surface area contributed by atoms with Gasteiger partial charge in [0.25, 0.3) is 5.91 Å². The molecule has 1 aliphatic rings. The van der Waals surface area contributed by atoms with Gasteiger partial charge in [-0.15, -0.1) is 0 Å². The zero-order valence-electron chi connectivity index (χ0n) is 14.1. The Balaban J connectivity index is 1.57. The summed E-state index contributed by atoms with van der Waals surface area (Å²) in [6.45, 7) is 0. The molecule has 2 aromatic rings. The average Bonchev–Trinajstić information content (AvgIpc) is 3.10. The van der Waals surface area contributed by atoms with E-state index in [9.17, 15) is 9.90 Å². The first kappa shape index (κ1) is 17.9. The Morgan fingerprint density at radius 2 is 2.08 bits per heavy atom. The van der Waals surface area contributed by atoms with E-state index in [1.54, 1.807) is 19.3 Å². The quantitative estimate of drug-likeness (QED) is 0.717. The second-order valence-electron chi connectivity index (χ2n) is 6.39. The Labute approximate surface area is 152 Å². The third-order valence-corrected chi connectivity index (χ3v) is 4.90. The fourth-order valence-corrected chi connectivity index (χ4v) is 3.39. The van der Waals surface area contributed by atoms with Gasteiger partial charge >= 0.3 is 0 Å². The lowest BCUT2D eigenvalue weighted by Gasteiger charge is -2.20. The fraction of sp³-hybridized carbons (Fsp3) is 0.368. The molecule has 25 heavy (non-hydrogen) atoms. The minimum Gasteiger partial charge on any atom is -0.387 e. The van der Waals surface area contributed by atoms with Crippen molar-refractivity contribution in [2.45, 2.75) is 37.5 Å². The number of pyridine rings is 1. The molecular weight excluding hydrogens is 338 g/mol. The number of amides is 1. The van der Waals surface area contributed by atoms with Gasteiger partial charge in [0.1, 0.15) is 5.15 Å². The summed E-state index contributed by atoms with van der Waals surface area (Å²) in [6.07, 6.45) is 3.81. The third kappa shape index (κ3) is 4.37. The molecular formula is C19H22ClN3O2. The van der Waals surface area contributed by atoms with Crippen LogP contribution in [0.3, 0.4) is 0 Å². The monoisotopic (exact) mass is 359 g/mol. The zero-order chi connectivity index (χ0) is 17.8. The van der Waals surface area contributed by atoms with Crippen LogP contribution >= 0.6 is 11.6 Å². The molecule has 3 rings (SSSR count). The van der Waals surface area contributed by atoms with Gasteiger partial charge in [0.15, 0.2) is 0 Å². The molecule has 6 heteroatoms. The summed E-state index contributed by atoms with van der Waals surface area (Å²) >= 11 is 5.80. The normalized spacial score (nSPS) is 21.1. The molecule has 1 aromatic carbocycles. The van der Waals surface area contributed by atoms with Crippen LogP contribution in [-0.4, -0.2) is 35.1 Å². The van der Waals surface area contributed by atoms with Crippen LogP contribution in [0.2, 0.25) is 5.15 Å². The summed E-state index contributed by atoms with van der Waals surface area (Å²) in [5, 5.41) is 17.1. The third-order valence-electron chi connectivity index (χ3n) is 4.67. The van der Waals surface area contributed by atoms with E-state index in [1.807, 2.05) is 30.3 Å². The van der Waals surface area contributed by atoms with Crippen LogP contribution in [0.25, 0.3) is 0 Å². The van der Waals surface area contributed by atoms with Crippen LogP contribution in [0, 0.1) is 0 Å². The Bertz CT molecular complexity index is 718. The molecule has 0 aliphatic carbocycles. The van der Waals surface area contributed by atoms with Gasteiger partial charge in [-0.2, -0.15) is 0 Å². The van der Waals surface area contributed by atoms with Gasteiger partial charge in [-0.3, -0.25) is 4.79 Å². The van der Waals surface area contributed by atoms with E-state index in [-0.39, 0.29) is 11.9 Å². The van der Waals surface area contributed by atoms with Crippen molar-refractivity contribution in [1.82, 2.24) is 15.6 Å². The van der Waals surface area contributed by atoms with E-state index in [2.05, 4.69) is 15.6 Å². The van der Waals surface area contributed by atoms with Crippen molar-refractivity contribution in [1.29, 1.82) is 0 Å². The van der Waals surface area contributed by atoms with Crippen LogP contribution in [0.5, 0.6) is 0 Å². The van der Waals surface area contributed by atoms with Crippen molar-refractivity contribution in [3.05, 3.63) is 64.4 Å². The number of benzene rings is 1. The van der Waals surface area contributed by atoms with Gasteiger partial charge in [0.05, 0.1) is 6.10 Å². The molecule has 3 N–H and O–H groups in total. The number of aromatic nitrogens is 1. The predicted molar refractivity (Wildman–Crippen MR) is 97.7 cm³/mol. The lowest BCUT2D eigenvalue weighted by molar-refractivity contribution is 0.0963. The number of hydrogen-bond acceptors (Lipinski definition) is 4. The van der Waals surface area contributed by atoms with Gasteiger partial charge < -0.3 is 15.7 Å². The molecule has 0 spiro atoms. The summed E-state index contributed by atoms with van der Waals surface area (Å²) in [5.41, 5.74) is 2.61.